The molecule has 0 N–H and O–H groups in total. The average molecular weight is 258 g/mol. The lowest BCUT2D eigenvalue weighted by molar-refractivity contribution is -0.384. The van der Waals surface area contributed by atoms with Gasteiger partial charge in [0.1, 0.15) is 0 Å². The Morgan fingerprint density at radius 1 is 1.32 bits per heavy atom. The summed E-state index contributed by atoms with van der Waals surface area (Å²) in [5, 5.41) is 19.8. The Labute approximate surface area is 113 Å². The van der Waals surface area contributed by atoms with Crippen LogP contribution in [0, 0.1) is 27.4 Å². The summed E-state index contributed by atoms with van der Waals surface area (Å²) >= 11 is 0. The van der Waals surface area contributed by atoms with E-state index in [1.165, 1.54) is 12.5 Å². The largest absolute Gasteiger partial charge is 0.269 e. The summed E-state index contributed by atoms with van der Waals surface area (Å²) in [4.78, 5) is 10.5. The molecule has 0 saturated heterocycles. The van der Waals surface area contributed by atoms with Crippen molar-refractivity contribution in [1.82, 2.24) is 0 Å². The molecular weight excluding hydrogens is 240 g/mol. The molecule has 1 saturated carbocycles. The maximum absolute atomic E-state index is 10.9. The van der Waals surface area contributed by atoms with Gasteiger partial charge in [-0.05, 0) is 30.2 Å². The minimum atomic E-state index is -0.348. The van der Waals surface area contributed by atoms with E-state index in [2.05, 4.69) is 6.07 Å². The van der Waals surface area contributed by atoms with Crippen LogP contribution in [0.1, 0.15) is 50.0 Å². The highest BCUT2D eigenvalue weighted by molar-refractivity contribution is 5.36. The summed E-state index contributed by atoms with van der Waals surface area (Å²) in [6.07, 6.45) is 6.15. The quantitative estimate of drug-likeness (QED) is 0.464. The molecule has 0 bridgehead atoms. The first-order valence-corrected chi connectivity index (χ1v) is 6.83. The number of nitro benzene ring substituents is 1. The van der Waals surface area contributed by atoms with Crippen LogP contribution < -0.4 is 0 Å². The third-order valence-corrected chi connectivity index (χ3v) is 4.02. The number of nitro groups is 1. The number of nitrogens with zero attached hydrogens (tertiary/aromatic N) is 2. The molecule has 0 aliphatic heterocycles. The van der Waals surface area contributed by atoms with Gasteiger partial charge < -0.3 is 0 Å². The van der Waals surface area contributed by atoms with E-state index in [0.717, 1.165) is 31.2 Å². The minimum absolute atomic E-state index is 0.150. The fraction of sp³-hybridized carbons (Fsp3) is 0.533. The van der Waals surface area contributed by atoms with E-state index >= 15 is 0 Å². The highest BCUT2D eigenvalue weighted by Gasteiger charge is 2.25. The average Bonchev–Trinajstić information content (AvgIpc) is 2.65. The monoisotopic (exact) mass is 258 g/mol. The Morgan fingerprint density at radius 3 is 2.84 bits per heavy atom. The van der Waals surface area contributed by atoms with Crippen LogP contribution >= 0.6 is 0 Å². The Morgan fingerprint density at radius 2 is 2.11 bits per heavy atom. The first-order valence-electron chi connectivity index (χ1n) is 6.83. The molecule has 4 heteroatoms. The van der Waals surface area contributed by atoms with Crippen molar-refractivity contribution < 1.29 is 4.92 Å². The second-order valence-corrected chi connectivity index (χ2v) is 5.22. The smallest absolute Gasteiger partial charge is 0.258 e. The molecule has 1 aromatic carbocycles. The minimum Gasteiger partial charge on any atom is -0.258 e. The summed E-state index contributed by atoms with van der Waals surface area (Å²) in [6.45, 7) is 0. The predicted molar refractivity (Wildman–Crippen MR) is 72.6 cm³/mol. The first kappa shape index (κ1) is 13.5. The third kappa shape index (κ3) is 3.31. The number of hydrogen-bond acceptors (Lipinski definition) is 3. The normalized spacial score (nSPS) is 23.3. The highest BCUT2D eigenvalue weighted by Crippen LogP contribution is 2.39. The molecular formula is C15H18N2O2. The van der Waals surface area contributed by atoms with Gasteiger partial charge in [-0.3, -0.25) is 10.1 Å². The lowest BCUT2D eigenvalue weighted by atomic mass is 9.81. The Hall–Kier alpha value is -1.89. The van der Waals surface area contributed by atoms with Crippen molar-refractivity contribution in [2.24, 2.45) is 5.92 Å². The topological polar surface area (TPSA) is 66.9 Å². The molecule has 1 aliphatic rings. The van der Waals surface area contributed by atoms with E-state index in [9.17, 15) is 10.1 Å². The van der Waals surface area contributed by atoms with Crippen LogP contribution in [0.15, 0.2) is 24.3 Å². The molecule has 0 amide bonds. The molecule has 2 unspecified atom stereocenters. The van der Waals surface area contributed by atoms with Crippen LogP contribution in [0.5, 0.6) is 0 Å². The van der Waals surface area contributed by atoms with Crippen LogP contribution in [0.25, 0.3) is 0 Å². The standard InChI is InChI=1S/C15H18N2O2/c16-10-9-12-5-2-1-3-8-15(12)13-6-4-7-14(11-13)17(18)19/h4,6-7,11-12,15H,1-3,5,8-9H2. The zero-order valence-electron chi connectivity index (χ0n) is 10.9. The zero-order valence-corrected chi connectivity index (χ0v) is 10.9. The van der Waals surface area contributed by atoms with E-state index in [0.29, 0.717) is 18.3 Å². The molecule has 2 rings (SSSR count). The van der Waals surface area contributed by atoms with Crippen LogP contribution in [0.2, 0.25) is 0 Å². The lowest BCUT2D eigenvalue weighted by Gasteiger charge is -2.23. The van der Waals surface area contributed by atoms with Gasteiger partial charge >= 0.3 is 0 Å². The number of nitriles is 1. The third-order valence-electron chi connectivity index (χ3n) is 4.02. The lowest BCUT2D eigenvalue weighted by Crippen LogP contribution is -2.11. The fourth-order valence-electron chi connectivity index (χ4n) is 3.05. The molecule has 0 spiro atoms. The van der Waals surface area contributed by atoms with Gasteiger partial charge in [-0.2, -0.15) is 5.26 Å². The fourth-order valence-corrected chi connectivity index (χ4v) is 3.05. The summed E-state index contributed by atoms with van der Waals surface area (Å²) < 4.78 is 0. The van der Waals surface area contributed by atoms with E-state index in [4.69, 9.17) is 5.26 Å². The molecule has 1 aromatic rings. The van der Waals surface area contributed by atoms with E-state index in [1.54, 1.807) is 12.1 Å². The molecule has 4 nitrogen and oxygen atoms in total. The van der Waals surface area contributed by atoms with Gasteiger partial charge in [-0.25, -0.2) is 0 Å². The number of hydrogen-bond donors (Lipinski definition) is 0. The van der Waals surface area contributed by atoms with Crippen molar-refractivity contribution in [3.63, 3.8) is 0 Å². The predicted octanol–water partition coefficient (Wildman–Crippen LogP) is 4.17. The molecule has 2 atom stereocenters. The molecule has 100 valence electrons. The Bertz CT molecular complexity index is 493. The number of benzene rings is 1. The Kier molecular flexibility index (Phi) is 4.51. The van der Waals surface area contributed by atoms with Crippen molar-refractivity contribution >= 4 is 5.69 Å². The molecule has 0 radical (unpaired) electrons. The number of rotatable bonds is 3. The second-order valence-electron chi connectivity index (χ2n) is 5.22. The van der Waals surface area contributed by atoms with Gasteiger partial charge in [-0.15, -0.1) is 0 Å². The van der Waals surface area contributed by atoms with Crippen LogP contribution in [0.4, 0.5) is 5.69 Å². The summed E-state index contributed by atoms with van der Waals surface area (Å²) in [5.41, 5.74) is 1.17. The highest BCUT2D eigenvalue weighted by atomic mass is 16.6. The number of non-ortho nitro benzene ring substituents is 1. The van der Waals surface area contributed by atoms with Crippen molar-refractivity contribution in [2.45, 2.75) is 44.4 Å². The molecule has 1 aliphatic carbocycles. The van der Waals surface area contributed by atoms with E-state index < -0.39 is 0 Å². The first-order chi connectivity index (χ1) is 9.22. The molecule has 19 heavy (non-hydrogen) atoms. The van der Waals surface area contributed by atoms with Crippen LogP contribution in [0.3, 0.4) is 0 Å². The van der Waals surface area contributed by atoms with Crippen molar-refractivity contribution in [1.29, 1.82) is 5.26 Å². The SMILES string of the molecule is N#CCC1CCCCCC1c1cccc([N+](=O)[O-])c1. The zero-order chi connectivity index (χ0) is 13.7. The van der Waals surface area contributed by atoms with E-state index in [-0.39, 0.29) is 10.6 Å². The van der Waals surface area contributed by atoms with Gasteiger partial charge in [0.15, 0.2) is 0 Å². The van der Waals surface area contributed by atoms with E-state index in [1.807, 2.05) is 6.07 Å². The van der Waals surface area contributed by atoms with Crippen molar-refractivity contribution in [3.05, 3.63) is 39.9 Å². The van der Waals surface area contributed by atoms with Gasteiger partial charge in [-0.1, -0.05) is 31.4 Å². The van der Waals surface area contributed by atoms with Gasteiger partial charge in [0.05, 0.1) is 11.0 Å². The second kappa shape index (κ2) is 6.33. The van der Waals surface area contributed by atoms with Crippen molar-refractivity contribution in [2.75, 3.05) is 0 Å². The molecule has 1 fully saturated rings. The summed E-state index contributed by atoms with van der Waals surface area (Å²) in [7, 11) is 0. The summed E-state index contributed by atoms with van der Waals surface area (Å²) in [6, 6.07) is 9.19. The Balaban J connectivity index is 2.28. The van der Waals surface area contributed by atoms with Gasteiger partial charge in [0.25, 0.3) is 5.69 Å². The van der Waals surface area contributed by atoms with Gasteiger partial charge in [0, 0.05) is 18.6 Å². The van der Waals surface area contributed by atoms with Crippen LogP contribution in [-0.2, 0) is 0 Å². The van der Waals surface area contributed by atoms with Crippen molar-refractivity contribution in [3.8, 4) is 6.07 Å². The maximum atomic E-state index is 10.9. The van der Waals surface area contributed by atoms with Gasteiger partial charge in [0.2, 0.25) is 0 Å². The molecule has 0 heterocycles. The van der Waals surface area contributed by atoms with Crippen LogP contribution in [-0.4, -0.2) is 4.92 Å². The maximum Gasteiger partial charge on any atom is 0.269 e. The summed E-state index contributed by atoms with van der Waals surface area (Å²) in [5.74, 6) is 0.636. The molecule has 0 aromatic heterocycles.